The Kier molecular flexibility index (Phi) is 5.31. The zero-order valence-corrected chi connectivity index (χ0v) is 16.0. The van der Waals surface area contributed by atoms with Crippen molar-refractivity contribution in [1.82, 2.24) is 0 Å². The highest BCUT2D eigenvalue weighted by molar-refractivity contribution is 5.90. The molecule has 2 aromatic rings. The number of allylic oxidation sites excluding steroid dienone is 2. The van der Waals surface area contributed by atoms with Crippen LogP contribution in [0, 0.1) is 0 Å². The summed E-state index contributed by atoms with van der Waals surface area (Å²) < 4.78 is 17.2. The van der Waals surface area contributed by atoms with Crippen molar-refractivity contribution in [3.8, 4) is 28.7 Å². The molecule has 5 nitrogen and oxygen atoms in total. The molecule has 0 radical (unpaired) electrons. The standard InChI is InChI=1S/C22H24O5/c1-13(2)5-7-17-20(25-3)11-21-18(22(17)26-4)9-14(12-27-21)16-8-6-15(23)10-19(16)24/h5-6,8-11,23-24H,7,12H2,1-4H3. The predicted molar refractivity (Wildman–Crippen MR) is 106 cm³/mol. The first-order chi connectivity index (χ1) is 12.9. The number of ether oxygens (including phenoxy) is 3. The first kappa shape index (κ1) is 18.7. The number of benzene rings is 2. The van der Waals surface area contributed by atoms with Crippen molar-refractivity contribution >= 4 is 11.6 Å². The van der Waals surface area contributed by atoms with E-state index in [4.69, 9.17) is 14.2 Å². The monoisotopic (exact) mass is 368 g/mol. The van der Waals surface area contributed by atoms with Crippen LogP contribution in [0.15, 0.2) is 35.9 Å². The summed E-state index contributed by atoms with van der Waals surface area (Å²) in [6.07, 6.45) is 4.75. The lowest BCUT2D eigenvalue weighted by molar-refractivity contribution is 0.345. The average Bonchev–Trinajstić information content (AvgIpc) is 2.64. The molecular weight excluding hydrogens is 344 g/mol. The summed E-state index contributed by atoms with van der Waals surface area (Å²) in [7, 11) is 3.26. The summed E-state index contributed by atoms with van der Waals surface area (Å²) in [6, 6.07) is 6.40. The Labute approximate surface area is 159 Å². The molecule has 3 rings (SSSR count). The Hall–Kier alpha value is -3.08. The lowest BCUT2D eigenvalue weighted by atomic mass is 9.96. The molecule has 0 atom stereocenters. The smallest absolute Gasteiger partial charge is 0.137 e. The van der Waals surface area contributed by atoms with Crippen LogP contribution in [-0.2, 0) is 6.42 Å². The summed E-state index contributed by atoms with van der Waals surface area (Å²) in [5.41, 5.74) is 4.37. The van der Waals surface area contributed by atoms with Gasteiger partial charge in [0.2, 0.25) is 0 Å². The van der Waals surface area contributed by atoms with E-state index in [9.17, 15) is 10.2 Å². The summed E-state index contributed by atoms with van der Waals surface area (Å²) in [4.78, 5) is 0. The second-order valence-corrected chi connectivity index (χ2v) is 6.65. The first-order valence-electron chi connectivity index (χ1n) is 8.71. The maximum absolute atomic E-state index is 10.2. The molecule has 0 saturated heterocycles. The van der Waals surface area contributed by atoms with Crippen molar-refractivity contribution in [3.05, 3.63) is 52.6 Å². The highest BCUT2D eigenvalue weighted by Gasteiger charge is 2.23. The summed E-state index contributed by atoms with van der Waals surface area (Å²) in [5.74, 6) is 2.10. The highest BCUT2D eigenvalue weighted by atomic mass is 16.5. The van der Waals surface area contributed by atoms with E-state index in [1.807, 2.05) is 26.0 Å². The highest BCUT2D eigenvalue weighted by Crippen LogP contribution is 2.45. The van der Waals surface area contributed by atoms with E-state index in [1.54, 1.807) is 20.3 Å². The second-order valence-electron chi connectivity index (χ2n) is 6.65. The molecule has 1 aliphatic heterocycles. The van der Waals surface area contributed by atoms with Gasteiger partial charge in [0, 0.05) is 28.8 Å². The van der Waals surface area contributed by atoms with Crippen molar-refractivity contribution in [2.24, 2.45) is 0 Å². The van der Waals surface area contributed by atoms with Crippen LogP contribution >= 0.6 is 0 Å². The number of aromatic hydroxyl groups is 2. The van der Waals surface area contributed by atoms with E-state index >= 15 is 0 Å². The van der Waals surface area contributed by atoms with E-state index in [1.165, 1.54) is 17.7 Å². The third-order valence-corrected chi connectivity index (χ3v) is 4.51. The number of phenolic OH excluding ortho intramolecular Hbond substituents is 2. The van der Waals surface area contributed by atoms with Gasteiger partial charge in [0.25, 0.3) is 0 Å². The Morgan fingerprint density at radius 3 is 2.56 bits per heavy atom. The lowest BCUT2D eigenvalue weighted by Gasteiger charge is -2.24. The van der Waals surface area contributed by atoms with Crippen LogP contribution in [0.2, 0.25) is 0 Å². The van der Waals surface area contributed by atoms with Gasteiger partial charge in [0.1, 0.15) is 35.4 Å². The minimum atomic E-state index is 0.00513. The molecule has 0 unspecified atom stereocenters. The molecule has 0 amide bonds. The lowest BCUT2D eigenvalue weighted by Crippen LogP contribution is -2.10. The first-order valence-corrected chi connectivity index (χ1v) is 8.71. The molecular formula is C22H24O5. The van der Waals surface area contributed by atoms with Gasteiger partial charge in [-0.05, 0) is 38.5 Å². The molecule has 5 heteroatoms. The Morgan fingerprint density at radius 2 is 1.93 bits per heavy atom. The minimum Gasteiger partial charge on any atom is -0.508 e. The summed E-state index contributed by atoms with van der Waals surface area (Å²) >= 11 is 0. The van der Waals surface area contributed by atoms with Gasteiger partial charge in [-0.3, -0.25) is 0 Å². The normalized spacial score (nSPS) is 12.5. The number of hydrogen-bond acceptors (Lipinski definition) is 5. The van der Waals surface area contributed by atoms with E-state index in [2.05, 4.69) is 6.08 Å². The molecule has 27 heavy (non-hydrogen) atoms. The fourth-order valence-electron chi connectivity index (χ4n) is 3.16. The second kappa shape index (κ2) is 7.66. The molecule has 0 aromatic heterocycles. The van der Waals surface area contributed by atoms with Gasteiger partial charge in [-0.2, -0.15) is 0 Å². The molecule has 0 fully saturated rings. The molecule has 0 bridgehead atoms. The number of hydrogen-bond donors (Lipinski definition) is 2. The van der Waals surface area contributed by atoms with E-state index < -0.39 is 0 Å². The van der Waals surface area contributed by atoms with Gasteiger partial charge < -0.3 is 24.4 Å². The van der Waals surface area contributed by atoms with Crippen LogP contribution in [0.1, 0.15) is 30.5 Å². The molecule has 1 heterocycles. The van der Waals surface area contributed by atoms with Gasteiger partial charge >= 0.3 is 0 Å². The number of fused-ring (bicyclic) bond motifs is 1. The van der Waals surface area contributed by atoms with E-state index in [0.717, 1.165) is 16.7 Å². The van der Waals surface area contributed by atoms with Gasteiger partial charge in [0.15, 0.2) is 0 Å². The van der Waals surface area contributed by atoms with Crippen LogP contribution < -0.4 is 14.2 Å². The quantitative estimate of drug-likeness (QED) is 0.758. The molecule has 2 N–H and O–H groups in total. The fraction of sp³-hybridized carbons (Fsp3) is 0.273. The van der Waals surface area contributed by atoms with Crippen molar-refractivity contribution in [2.75, 3.05) is 20.8 Å². The van der Waals surface area contributed by atoms with Crippen molar-refractivity contribution < 1.29 is 24.4 Å². The number of phenols is 2. The molecule has 0 saturated carbocycles. The van der Waals surface area contributed by atoms with Gasteiger partial charge in [0.05, 0.1) is 19.8 Å². The van der Waals surface area contributed by atoms with E-state index in [-0.39, 0.29) is 11.5 Å². The third kappa shape index (κ3) is 3.72. The molecule has 0 spiro atoms. The average molecular weight is 368 g/mol. The zero-order valence-electron chi connectivity index (χ0n) is 16.0. The van der Waals surface area contributed by atoms with Crippen LogP contribution in [-0.4, -0.2) is 31.0 Å². The SMILES string of the molecule is COc1cc2c(c(OC)c1CC=C(C)C)C=C(c1ccc(O)cc1O)CO2. The van der Waals surface area contributed by atoms with Crippen molar-refractivity contribution in [3.63, 3.8) is 0 Å². The van der Waals surface area contributed by atoms with Gasteiger partial charge in [-0.1, -0.05) is 11.6 Å². The Bertz CT molecular complexity index is 921. The Balaban J connectivity index is 2.15. The van der Waals surface area contributed by atoms with E-state index in [0.29, 0.717) is 35.8 Å². The predicted octanol–water partition coefficient (Wildman–Crippen LogP) is 4.56. The summed E-state index contributed by atoms with van der Waals surface area (Å²) in [5, 5.41) is 19.7. The Morgan fingerprint density at radius 1 is 1.15 bits per heavy atom. The third-order valence-electron chi connectivity index (χ3n) is 4.51. The van der Waals surface area contributed by atoms with Crippen LogP contribution in [0.3, 0.4) is 0 Å². The maximum Gasteiger partial charge on any atom is 0.137 e. The van der Waals surface area contributed by atoms with Crippen LogP contribution in [0.4, 0.5) is 0 Å². The number of rotatable bonds is 5. The van der Waals surface area contributed by atoms with Crippen LogP contribution in [0.5, 0.6) is 28.7 Å². The zero-order chi connectivity index (χ0) is 19.6. The van der Waals surface area contributed by atoms with Crippen LogP contribution in [0.25, 0.3) is 11.6 Å². The summed E-state index contributed by atoms with van der Waals surface area (Å²) in [6.45, 7) is 4.39. The minimum absolute atomic E-state index is 0.00513. The number of methoxy groups -OCH3 is 2. The topological polar surface area (TPSA) is 68.2 Å². The van der Waals surface area contributed by atoms with Gasteiger partial charge in [-0.25, -0.2) is 0 Å². The van der Waals surface area contributed by atoms with Gasteiger partial charge in [-0.15, -0.1) is 0 Å². The largest absolute Gasteiger partial charge is 0.508 e. The van der Waals surface area contributed by atoms with Crippen molar-refractivity contribution in [2.45, 2.75) is 20.3 Å². The molecule has 2 aromatic carbocycles. The molecule has 1 aliphatic rings. The van der Waals surface area contributed by atoms with Crippen molar-refractivity contribution in [1.29, 1.82) is 0 Å². The maximum atomic E-state index is 10.2. The fourth-order valence-corrected chi connectivity index (χ4v) is 3.16. The molecule has 142 valence electrons. The molecule has 0 aliphatic carbocycles.